The first-order chi connectivity index (χ1) is 4.77. The molecule has 0 radical (unpaired) electrons. The molecule has 0 fully saturated rings. The molecule has 1 aliphatic carbocycles. The van der Waals surface area contributed by atoms with Crippen molar-refractivity contribution in [1.82, 2.24) is 5.16 Å². The largest absolute Gasteiger partial charge is 0.383 e. The van der Waals surface area contributed by atoms with Gasteiger partial charge in [-0.1, -0.05) is 0 Å². The molecular formula is C6H8N2O2. The summed E-state index contributed by atoms with van der Waals surface area (Å²) in [6.07, 6.45) is 1.34. The molecular weight excluding hydrogens is 132 g/mol. The average molecular weight is 140 g/mol. The smallest absolute Gasteiger partial charge is 0.283 e. The van der Waals surface area contributed by atoms with Crippen molar-refractivity contribution in [2.24, 2.45) is 5.73 Å². The van der Waals surface area contributed by atoms with E-state index in [1.807, 2.05) is 0 Å². The van der Waals surface area contributed by atoms with Crippen LogP contribution in [-0.2, 0) is 12.8 Å². The van der Waals surface area contributed by atoms with Gasteiger partial charge in [0.1, 0.15) is 5.76 Å². The Morgan fingerprint density at radius 2 is 2.40 bits per heavy atom. The molecule has 1 unspecified atom stereocenters. The second kappa shape index (κ2) is 1.73. The summed E-state index contributed by atoms with van der Waals surface area (Å²) in [5, 5.41) is 2.27. The summed E-state index contributed by atoms with van der Waals surface area (Å²) in [4.78, 5) is 10.9. The first-order valence-corrected chi connectivity index (χ1v) is 3.22. The maximum absolute atomic E-state index is 10.9. The van der Waals surface area contributed by atoms with Crippen molar-refractivity contribution in [2.45, 2.75) is 18.9 Å². The lowest BCUT2D eigenvalue weighted by atomic mass is 10.2. The Labute approximate surface area is 57.0 Å². The minimum atomic E-state index is -0.122. The molecule has 4 nitrogen and oxygen atoms in total. The van der Waals surface area contributed by atoms with Gasteiger partial charge in [-0.15, -0.1) is 0 Å². The summed E-state index contributed by atoms with van der Waals surface area (Å²) in [6, 6.07) is 0.0797. The van der Waals surface area contributed by atoms with Crippen LogP contribution in [0.4, 0.5) is 0 Å². The standard InChI is InChI=1S/C6H8N2O2/c7-3-1-4-5(2-3)10-8-6(4)9/h3H,1-2,7H2,(H,8,9). The summed E-state index contributed by atoms with van der Waals surface area (Å²) >= 11 is 0. The number of nitrogens with one attached hydrogen (secondary N) is 1. The van der Waals surface area contributed by atoms with E-state index >= 15 is 0 Å². The van der Waals surface area contributed by atoms with Crippen LogP contribution in [0.5, 0.6) is 0 Å². The molecule has 0 aromatic carbocycles. The number of H-pyrrole nitrogens is 1. The number of hydrogen-bond donors (Lipinski definition) is 2. The molecule has 1 aliphatic rings. The minimum Gasteiger partial charge on any atom is -0.383 e. The summed E-state index contributed by atoms with van der Waals surface area (Å²) in [5.41, 5.74) is 6.19. The van der Waals surface area contributed by atoms with E-state index in [9.17, 15) is 4.79 Å². The van der Waals surface area contributed by atoms with Crippen LogP contribution >= 0.6 is 0 Å². The SMILES string of the molecule is NC1Cc2o[nH]c(=O)c2C1. The quantitative estimate of drug-likeness (QED) is 0.505. The molecule has 1 atom stereocenters. The average Bonchev–Trinajstić information content (AvgIpc) is 2.35. The molecule has 0 amide bonds. The monoisotopic (exact) mass is 140 g/mol. The second-order valence-electron chi connectivity index (χ2n) is 2.60. The second-order valence-corrected chi connectivity index (χ2v) is 2.60. The number of aromatic amines is 1. The van der Waals surface area contributed by atoms with Gasteiger partial charge in [0.15, 0.2) is 0 Å². The number of nitrogens with two attached hydrogens (primary N) is 1. The maximum Gasteiger partial charge on any atom is 0.283 e. The van der Waals surface area contributed by atoms with Gasteiger partial charge in [0, 0.05) is 12.5 Å². The zero-order chi connectivity index (χ0) is 7.14. The van der Waals surface area contributed by atoms with Crippen molar-refractivity contribution in [1.29, 1.82) is 0 Å². The fourth-order valence-corrected chi connectivity index (χ4v) is 1.30. The molecule has 0 spiro atoms. The van der Waals surface area contributed by atoms with E-state index in [1.54, 1.807) is 0 Å². The fourth-order valence-electron chi connectivity index (χ4n) is 1.30. The van der Waals surface area contributed by atoms with Crippen LogP contribution in [0.1, 0.15) is 11.3 Å². The summed E-state index contributed by atoms with van der Waals surface area (Å²) < 4.78 is 4.86. The third-order valence-electron chi connectivity index (χ3n) is 1.79. The highest BCUT2D eigenvalue weighted by Crippen LogP contribution is 2.16. The van der Waals surface area contributed by atoms with Gasteiger partial charge in [0.05, 0.1) is 5.56 Å². The molecule has 0 saturated heterocycles. The Morgan fingerprint density at radius 1 is 1.60 bits per heavy atom. The highest BCUT2D eigenvalue weighted by Gasteiger charge is 2.24. The van der Waals surface area contributed by atoms with Gasteiger partial charge < -0.3 is 10.3 Å². The molecule has 3 N–H and O–H groups in total. The molecule has 1 aromatic heterocycles. The van der Waals surface area contributed by atoms with Crippen molar-refractivity contribution < 1.29 is 4.52 Å². The predicted octanol–water partition coefficient (Wildman–Crippen LogP) is -0.606. The number of fused-ring (bicyclic) bond motifs is 1. The Bertz CT molecular complexity index is 299. The van der Waals surface area contributed by atoms with Gasteiger partial charge in [-0.2, -0.15) is 5.16 Å². The zero-order valence-corrected chi connectivity index (χ0v) is 5.39. The Morgan fingerprint density at radius 3 is 3.10 bits per heavy atom. The summed E-state index contributed by atoms with van der Waals surface area (Å²) in [5.74, 6) is 0.734. The summed E-state index contributed by atoms with van der Waals surface area (Å²) in [6.45, 7) is 0. The molecule has 4 heteroatoms. The van der Waals surface area contributed by atoms with E-state index in [0.29, 0.717) is 12.8 Å². The minimum absolute atomic E-state index is 0.0797. The van der Waals surface area contributed by atoms with E-state index in [1.165, 1.54) is 0 Å². The Balaban J connectivity index is 2.53. The number of aromatic nitrogens is 1. The van der Waals surface area contributed by atoms with E-state index in [-0.39, 0.29) is 11.6 Å². The highest BCUT2D eigenvalue weighted by molar-refractivity contribution is 5.21. The molecule has 0 bridgehead atoms. The van der Waals surface area contributed by atoms with E-state index in [2.05, 4.69) is 5.16 Å². The van der Waals surface area contributed by atoms with Crippen molar-refractivity contribution in [3.8, 4) is 0 Å². The lowest BCUT2D eigenvalue weighted by Gasteiger charge is -1.94. The number of hydrogen-bond acceptors (Lipinski definition) is 3. The normalized spacial score (nSPS) is 23.1. The van der Waals surface area contributed by atoms with Gasteiger partial charge in [0.2, 0.25) is 0 Å². The van der Waals surface area contributed by atoms with Crippen molar-refractivity contribution in [3.63, 3.8) is 0 Å². The van der Waals surface area contributed by atoms with E-state index in [4.69, 9.17) is 10.3 Å². The molecule has 0 saturated carbocycles. The number of rotatable bonds is 0. The van der Waals surface area contributed by atoms with Gasteiger partial charge in [-0.05, 0) is 6.42 Å². The molecule has 10 heavy (non-hydrogen) atoms. The van der Waals surface area contributed by atoms with Gasteiger partial charge in [-0.3, -0.25) is 4.79 Å². The van der Waals surface area contributed by atoms with Crippen molar-refractivity contribution >= 4 is 0 Å². The van der Waals surface area contributed by atoms with Crippen molar-refractivity contribution in [2.75, 3.05) is 0 Å². The third kappa shape index (κ3) is 0.623. The molecule has 1 heterocycles. The van der Waals surface area contributed by atoms with Crippen LogP contribution in [0, 0.1) is 0 Å². The zero-order valence-electron chi connectivity index (χ0n) is 5.39. The Hall–Kier alpha value is -1.03. The van der Waals surface area contributed by atoms with Crippen LogP contribution in [0.25, 0.3) is 0 Å². The topological polar surface area (TPSA) is 72.0 Å². The van der Waals surface area contributed by atoms with Gasteiger partial charge in [-0.25, -0.2) is 0 Å². The van der Waals surface area contributed by atoms with E-state index in [0.717, 1.165) is 11.3 Å². The van der Waals surface area contributed by atoms with E-state index < -0.39 is 0 Å². The fraction of sp³-hybridized carbons (Fsp3) is 0.500. The predicted molar refractivity (Wildman–Crippen MR) is 34.7 cm³/mol. The molecule has 54 valence electrons. The van der Waals surface area contributed by atoms with Crippen LogP contribution in [0.15, 0.2) is 9.32 Å². The highest BCUT2D eigenvalue weighted by atomic mass is 16.5. The van der Waals surface area contributed by atoms with Gasteiger partial charge in [0.25, 0.3) is 5.56 Å². The maximum atomic E-state index is 10.9. The molecule has 0 aliphatic heterocycles. The third-order valence-corrected chi connectivity index (χ3v) is 1.79. The Kier molecular flexibility index (Phi) is 0.990. The van der Waals surface area contributed by atoms with Crippen molar-refractivity contribution in [3.05, 3.63) is 21.7 Å². The molecule has 1 aromatic rings. The first-order valence-electron chi connectivity index (χ1n) is 3.22. The van der Waals surface area contributed by atoms with Crippen LogP contribution in [0.2, 0.25) is 0 Å². The first kappa shape index (κ1) is 5.73. The summed E-state index contributed by atoms with van der Waals surface area (Å²) in [7, 11) is 0. The lowest BCUT2D eigenvalue weighted by molar-refractivity contribution is 0.376. The van der Waals surface area contributed by atoms with Gasteiger partial charge >= 0.3 is 0 Å². The van der Waals surface area contributed by atoms with Crippen LogP contribution in [-0.4, -0.2) is 11.2 Å². The van der Waals surface area contributed by atoms with Crippen LogP contribution in [0.3, 0.4) is 0 Å². The molecule has 2 rings (SSSR count). The lowest BCUT2D eigenvalue weighted by Crippen LogP contribution is -2.21. The van der Waals surface area contributed by atoms with Crippen LogP contribution < -0.4 is 11.3 Å².